The van der Waals surface area contributed by atoms with Crippen molar-refractivity contribution in [2.75, 3.05) is 6.54 Å². The van der Waals surface area contributed by atoms with Crippen LogP contribution in [-0.2, 0) is 4.79 Å². The van der Waals surface area contributed by atoms with E-state index >= 15 is 0 Å². The average molecular weight is 254 g/mol. The minimum atomic E-state index is -0.412. The molecule has 0 heterocycles. The number of hydrogen-bond acceptors (Lipinski definition) is 2. The number of carbonyl (C=O) groups excluding carboxylic acids is 1. The first-order chi connectivity index (χ1) is 8.22. The van der Waals surface area contributed by atoms with Gasteiger partial charge in [0, 0.05) is 18.5 Å². The summed E-state index contributed by atoms with van der Waals surface area (Å²) in [6, 6.07) is 0. The molecule has 0 unspecified atom stereocenters. The smallest absolute Gasteiger partial charge is 0.221 e. The zero-order valence-corrected chi connectivity index (χ0v) is 12.5. The zero-order valence-electron chi connectivity index (χ0n) is 12.5. The number of amides is 1. The molecule has 0 spiro atoms. The summed E-state index contributed by atoms with van der Waals surface area (Å²) in [5.41, 5.74) is 5.81. The Balaban J connectivity index is 2.45. The van der Waals surface area contributed by atoms with Crippen molar-refractivity contribution in [3.05, 3.63) is 0 Å². The first-order valence-corrected chi connectivity index (χ1v) is 7.28. The van der Waals surface area contributed by atoms with E-state index in [-0.39, 0.29) is 5.91 Å². The maximum absolute atomic E-state index is 11.9. The molecule has 0 bridgehead atoms. The van der Waals surface area contributed by atoms with Crippen molar-refractivity contribution in [1.82, 2.24) is 5.32 Å². The molecule has 0 aromatic rings. The van der Waals surface area contributed by atoms with Crippen LogP contribution < -0.4 is 11.1 Å². The molecule has 1 aliphatic rings. The topological polar surface area (TPSA) is 55.1 Å². The van der Waals surface area contributed by atoms with Crippen LogP contribution in [-0.4, -0.2) is 18.0 Å². The average Bonchev–Trinajstić information content (AvgIpc) is 2.60. The van der Waals surface area contributed by atoms with Crippen molar-refractivity contribution < 1.29 is 4.79 Å². The highest BCUT2D eigenvalue weighted by atomic mass is 16.1. The highest BCUT2D eigenvalue weighted by Crippen LogP contribution is 2.42. The largest absolute Gasteiger partial charge is 0.355 e. The van der Waals surface area contributed by atoms with Crippen molar-refractivity contribution in [1.29, 1.82) is 0 Å². The van der Waals surface area contributed by atoms with Gasteiger partial charge < -0.3 is 11.1 Å². The highest BCUT2D eigenvalue weighted by molar-refractivity contribution is 5.77. The lowest BCUT2D eigenvalue weighted by molar-refractivity contribution is -0.122. The van der Waals surface area contributed by atoms with Crippen LogP contribution in [0.1, 0.15) is 66.2 Å². The predicted octanol–water partition coefficient (Wildman–Crippen LogP) is 2.84. The summed E-state index contributed by atoms with van der Waals surface area (Å²) >= 11 is 0. The lowest BCUT2D eigenvalue weighted by Gasteiger charge is -2.31. The fraction of sp³-hybridized carbons (Fsp3) is 0.933. The van der Waals surface area contributed by atoms with Gasteiger partial charge in [0.15, 0.2) is 0 Å². The van der Waals surface area contributed by atoms with Crippen molar-refractivity contribution in [3.63, 3.8) is 0 Å². The molecule has 1 aliphatic carbocycles. The molecule has 18 heavy (non-hydrogen) atoms. The van der Waals surface area contributed by atoms with Gasteiger partial charge in [-0.2, -0.15) is 0 Å². The third-order valence-corrected chi connectivity index (χ3v) is 3.78. The summed E-state index contributed by atoms with van der Waals surface area (Å²) in [5.74, 6) is 0.795. The SMILES string of the molecule is CC(C)CC1(CNC(=O)CC(C)(C)N)CCCC1. The van der Waals surface area contributed by atoms with Gasteiger partial charge in [-0.05, 0) is 44.4 Å². The van der Waals surface area contributed by atoms with E-state index in [4.69, 9.17) is 5.73 Å². The monoisotopic (exact) mass is 254 g/mol. The number of rotatable bonds is 6. The van der Waals surface area contributed by atoms with E-state index in [0.29, 0.717) is 17.8 Å². The number of carbonyl (C=O) groups is 1. The summed E-state index contributed by atoms with van der Waals surface area (Å²) in [6.45, 7) is 9.16. The van der Waals surface area contributed by atoms with Crippen molar-refractivity contribution in [2.45, 2.75) is 71.8 Å². The molecule has 1 fully saturated rings. The molecule has 0 radical (unpaired) electrons. The molecule has 1 saturated carbocycles. The third-order valence-electron chi connectivity index (χ3n) is 3.78. The van der Waals surface area contributed by atoms with Gasteiger partial charge in [0.1, 0.15) is 0 Å². The number of nitrogens with one attached hydrogen (secondary N) is 1. The Morgan fingerprint density at radius 1 is 1.33 bits per heavy atom. The van der Waals surface area contributed by atoms with E-state index in [2.05, 4.69) is 19.2 Å². The van der Waals surface area contributed by atoms with E-state index in [1.54, 1.807) is 0 Å². The number of hydrogen-bond donors (Lipinski definition) is 2. The lowest BCUT2D eigenvalue weighted by Crippen LogP contribution is -2.42. The van der Waals surface area contributed by atoms with Crippen LogP contribution in [0, 0.1) is 11.3 Å². The molecule has 1 rings (SSSR count). The molecule has 3 N–H and O–H groups in total. The third kappa shape index (κ3) is 5.38. The van der Waals surface area contributed by atoms with Gasteiger partial charge in [-0.25, -0.2) is 0 Å². The fourth-order valence-corrected chi connectivity index (χ4v) is 3.21. The van der Waals surface area contributed by atoms with Gasteiger partial charge in [-0.1, -0.05) is 26.7 Å². The van der Waals surface area contributed by atoms with Crippen molar-refractivity contribution in [3.8, 4) is 0 Å². The fourth-order valence-electron chi connectivity index (χ4n) is 3.21. The second-order valence-electron chi connectivity index (χ2n) is 7.25. The van der Waals surface area contributed by atoms with E-state index in [0.717, 1.165) is 6.54 Å². The van der Waals surface area contributed by atoms with Crippen LogP contribution in [0.3, 0.4) is 0 Å². The standard InChI is InChI=1S/C15H30N2O/c1-12(2)9-15(7-5-6-8-15)11-17-13(18)10-14(3,4)16/h12H,5-11,16H2,1-4H3,(H,17,18). The van der Waals surface area contributed by atoms with Gasteiger partial charge in [-0.15, -0.1) is 0 Å². The van der Waals surface area contributed by atoms with Gasteiger partial charge in [-0.3, -0.25) is 4.79 Å². The predicted molar refractivity (Wildman–Crippen MR) is 76.2 cm³/mol. The Morgan fingerprint density at radius 2 is 1.89 bits per heavy atom. The second-order valence-corrected chi connectivity index (χ2v) is 7.25. The summed E-state index contributed by atoms with van der Waals surface area (Å²) in [6.07, 6.45) is 6.77. The van der Waals surface area contributed by atoms with Crippen molar-refractivity contribution in [2.24, 2.45) is 17.1 Å². The Morgan fingerprint density at radius 3 is 2.33 bits per heavy atom. The van der Waals surface area contributed by atoms with Crippen LogP contribution in [0.4, 0.5) is 0 Å². The quantitative estimate of drug-likeness (QED) is 0.766. The first kappa shape index (κ1) is 15.5. The zero-order chi connectivity index (χ0) is 13.8. The molecule has 0 saturated heterocycles. The van der Waals surface area contributed by atoms with Crippen molar-refractivity contribution >= 4 is 5.91 Å². The molecular formula is C15H30N2O. The van der Waals surface area contributed by atoms with Crippen LogP contribution in [0.25, 0.3) is 0 Å². The molecule has 0 atom stereocenters. The number of nitrogens with two attached hydrogens (primary N) is 1. The summed E-state index contributed by atoms with van der Waals surface area (Å²) < 4.78 is 0. The summed E-state index contributed by atoms with van der Waals surface area (Å²) in [4.78, 5) is 11.9. The lowest BCUT2D eigenvalue weighted by atomic mass is 9.78. The van der Waals surface area contributed by atoms with Crippen LogP contribution >= 0.6 is 0 Å². The Kier molecular flexibility index (Phi) is 5.20. The molecular weight excluding hydrogens is 224 g/mol. The minimum Gasteiger partial charge on any atom is -0.355 e. The van der Waals surface area contributed by atoms with Gasteiger partial charge in [0.25, 0.3) is 0 Å². The molecule has 106 valence electrons. The molecule has 3 heteroatoms. The molecule has 3 nitrogen and oxygen atoms in total. The first-order valence-electron chi connectivity index (χ1n) is 7.28. The van der Waals surface area contributed by atoms with Crippen LogP contribution in [0.15, 0.2) is 0 Å². The van der Waals surface area contributed by atoms with Crippen LogP contribution in [0.2, 0.25) is 0 Å². The summed E-state index contributed by atoms with van der Waals surface area (Å²) in [7, 11) is 0. The maximum atomic E-state index is 11.9. The minimum absolute atomic E-state index is 0.0949. The molecule has 0 aromatic heterocycles. The summed E-state index contributed by atoms with van der Waals surface area (Å²) in [5, 5.41) is 3.11. The van der Waals surface area contributed by atoms with E-state index in [1.807, 2.05) is 13.8 Å². The Labute approximate surface area is 112 Å². The van der Waals surface area contributed by atoms with E-state index in [1.165, 1.54) is 32.1 Å². The maximum Gasteiger partial charge on any atom is 0.221 e. The van der Waals surface area contributed by atoms with Gasteiger partial charge in [0.05, 0.1) is 0 Å². The van der Waals surface area contributed by atoms with E-state index < -0.39 is 5.54 Å². The van der Waals surface area contributed by atoms with Crippen LogP contribution in [0.5, 0.6) is 0 Å². The molecule has 1 amide bonds. The Hall–Kier alpha value is -0.570. The Bertz CT molecular complexity index is 273. The highest BCUT2D eigenvalue weighted by Gasteiger charge is 2.34. The van der Waals surface area contributed by atoms with E-state index in [9.17, 15) is 4.79 Å². The molecule has 0 aliphatic heterocycles. The normalized spacial score (nSPS) is 19.2. The van der Waals surface area contributed by atoms with Gasteiger partial charge in [0.2, 0.25) is 5.91 Å². The van der Waals surface area contributed by atoms with Gasteiger partial charge >= 0.3 is 0 Å². The second kappa shape index (κ2) is 6.05. The molecule has 0 aromatic carbocycles.